The second-order valence-corrected chi connectivity index (χ2v) is 5.38. The van der Waals surface area contributed by atoms with Gasteiger partial charge in [-0.25, -0.2) is 0 Å². The van der Waals surface area contributed by atoms with E-state index in [1.54, 1.807) is 6.07 Å². The summed E-state index contributed by atoms with van der Waals surface area (Å²) in [6.45, 7) is 3.12. The summed E-state index contributed by atoms with van der Waals surface area (Å²) in [6, 6.07) is 13.4. The van der Waals surface area contributed by atoms with Crippen molar-refractivity contribution >= 4 is 5.91 Å². The molecule has 2 aromatic carbocycles. The molecule has 0 atom stereocenters. The first-order chi connectivity index (χ1) is 11.2. The van der Waals surface area contributed by atoms with Crippen molar-refractivity contribution in [2.24, 2.45) is 0 Å². The van der Waals surface area contributed by atoms with Gasteiger partial charge in [0.1, 0.15) is 12.4 Å². The van der Waals surface area contributed by atoms with Crippen LogP contribution in [0, 0.1) is 6.92 Å². The van der Waals surface area contributed by atoms with Crippen molar-refractivity contribution in [3.05, 3.63) is 53.6 Å². The molecule has 0 saturated heterocycles. The normalized spacial score (nSPS) is 12.0. The average Bonchev–Trinajstić information content (AvgIpc) is 2.99. The number of benzene rings is 2. The van der Waals surface area contributed by atoms with Gasteiger partial charge in [0.25, 0.3) is 0 Å². The lowest BCUT2D eigenvalue weighted by Crippen LogP contribution is -2.29. The molecule has 0 unspecified atom stereocenters. The zero-order valence-electron chi connectivity index (χ0n) is 13.0. The molecule has 2 aromatic rings. The molecule has 5 nitrogen and oxygen atoms in total. The third kappa shape index (κ3) is 4.16. The summed E-state index contributed by atoms with van der Waals surface area (Å²) in [4.78, 5) is 11.9. The molecular weight excluding hydrogens is 294 g/mol. The third-order valence-corrected chi connectivity index (χ3v) is 3.48. The van der Waals surface area contributed by atoms with Crippen LogP contribution >= 0.6 is 0 Å². The number of carbonyl (C=O) groups is 1. The molecule has 23 heavy (non-hydrogen) atoms. The molecule has 0 aromatic heterocycles. The number of carbonyl (C=O) groups excluding carboxylic acids is 1. The Labute approximate surface area is 135 Å². The molecule has 3 rings (SSSR count). The lowest BCUT2D eigenvalue weighted by atomic mass is 10.1. The van der Waals surface area contributed by atoms with Crippen molar-refractivity contribution in [2.45, 2.75) is 13.3 Å². The fraction of sp³-hybridized carbons (Fsp3) is 0.278. The van der Waals surface area contributed by atoms with Crippen LogP contribution in [0.3, 0.4) is 0 Å². The summed E-state index contributed by atoms with van der Waals surface area (Å²) in [6.07, 6.45) is 0.381. The van der Waals surface area contributed by atoms with Gasteiger partial charge in [-0.3, -0.25) is 4.79 Å². The first kappa shape index (κ1) is 15.2. The number of fused-ring (bicyclic) bond motifs is 1. The third-order valence-electron chi connectivity index (χ3n) is 3.48. The van der Waals surface area contributed by atoms with Gasteiger partial charge in [-0.1, -0.05) is 29.8 Å². The van der Waals surface area contributed by atoms with Crippen molar-refractivity contribution in [1.82, 2.24) is 5.32 Å². The molecule has 1 N–H and O–H groups in total. The molecule has 0 aliphatic carbocycles. The molecule has 0 radical (unpaired) electrons. The van der Waals surface area contributed by atoms with E-state index in [4.69, 9.17) is 14.2 Å². The number of amides is 1. The molecule has 1 amide bonds. The van der Waals surface area contributed by atoms with Crippen molar-refractivity contribution in [1.29, 1.82) is 0 Å². The molecule has 0 bridgehead atoms. The molecule has 0 saturated carbocycles. The predicted molar refractivity (Wildman–Crippen MR) is 86.0 cm³/mol. The van der Waals surface area contributed by atoms with Crippen LogP contribution in [0.2, 0.25) is 0 Å². The summed E-state index contributed by atoms with van der Waals surface area (Å²) in [5, 5.41) is 2.85. The van der Waals surface area contributed by atoms with Gasteiger partial charge in [-0.05, 0) is 24.6 Å². The van der Waals surface area contributed by atoms with Crippen molar-refractivity contribution in [3.8, 4) is 17.2 Å². The van der Waals surface area contributed by atoms with Crippen LogP contribution in [-0.2, 0) is 11.2 Å². The van der Waals surface area contributed by atoms with E-state index in [0.717, 1.165) is 16.9 Å². The summed E-state index contributed by atoms with van der Waals surface area (Å²) in [7, 11) is 0. The predicted octanol–water partition coefficient (Wildman–Crippen LogP) is 2.46. The number of hydrogen-bond acceptors (Lipinski definition) is 4. The fourth-order valence-electron chi connectivity index (χ4n) is 2.40. The largest absolute Gasteiger partial charge is 0.492 e. The lowest BCUT2D eigenvalue weighted by molar-refractivity contribution is -0.120. The number of hydrogen-bond donors (Lipinski definition) is 1. The molecular formula is C18H19NO4. The Morgan fingerprint density at radius 2 is 2.04 bits per heavy atom. The fourth-order valence-corrected chi connectivity index (χ4v) is 2.40. The number of ether oxygens (including phenoxy) is 3. The van der Waals surface area contributed by atoms with E-state index in [-0.39, 0.29) is 12.7 Å². The minimum atomic E-state index is -0.00936. The van der Waals surface area contributed by atoms with E-state index in [1.165, 1.54) is 0 Å². The average molecular weight is 313 g/mol. The Balaban J connectivity index is 1.40. The highest BCUT2D eigenvalue weighted by Gasteiger charge is 2.13. The quantitative estimate of drug-likeness (QED) is 0.832. The van der Waals surface area contributed by atoms with E-state index in [0.29, 0.717) is 31.1 Å². The molecule has 120 valence electrons. The minimum absolute atomic E-state index is 0.00936. The smallest absolute Gasteiger partial charge is 0.231 e. The standard InChI is InChI=1S/C18H19NO4/c1-13-3-2-4-14(9-13)10-18(20)19-7-8-21-15-5-6-16-17(11-15)23-12-22-16/h2-6,9,11H,7-8,10,12H2,1H3,(H,19,20). The SMILES string of the molecule is Cc1cccc(CC(=O)NCCOc2ccc3c(c2)OCO3)c1. The van der Waals surface area contributed by atoms with Crippen LogP contribution in [0.15, 0.2) is 42.5 Å². The van der Waals surface area contributed by atoms with Gasteiger partial charge in [0.15, 0.2) is 11.5 Å². The zero-order valence-corrected chi connectivity index (χ0v) is 13.0. The topological polar surface area (TPSA) is 56.8 Å². The molecule has 0 spiro atoms. The Kier molecular flexibility index (Phi) is 4.66. The van der Waals surface area contributed by atoms with E-state index < -0.39 is 0 Å². The van der Waals surface area contributed by atoms with E-state index in [1.807, 2.05) is 43.3 Å². The molecule has 1 heterocycles. The maximum Gasteiger partial charge on any atom is 0.231 e. The Morgan fingerprint density at radius 3 is 2.91 bits per heavy atom. The van der Waals surface area contributed by atoms with Crippen LogP contribution in [0.5, 0.6) is 17.2 Å². The Bertz CT molecular complexity index is 699. The minimum Gasteiger partial charge on any atom is -0.492 e. The Hall–Kier alpha value is -2.69. The number of aryl methyl sites for hydroxylation is 1. The van der Waals surface area contributed by atoms with E-state index in [2.05, 4.69) is 5.32 Å². The summed E-state index contributed by atoms with van der Waals surface area (Å²) >= 11 is 0. The highest BCUT2D eigenvalue weighted by molar-refractivity contribution is 5.78. The van der Waals surface area contributed by atoms with Crippen molar-refractivity contribution in [3.63, 3.8) is 0 Å². The molecule has 0 fully saturated rings. The summed E-state index contributed by atoms with van der Waals surface area (Å²) < 4.78 is 16.1. The molecule has 1 aliphatic heterocycles. The van der Waals surface area contributed by atoms with Gasteiger partial charge in [0, 0.05) is 6.07 Å². The number of nitrogens with one attached hydrogen (secondary N) is 1. The zero-order chi connectivity index (χ0) is 16.1. The van der Waals surface area contributed by atoms with Crippen LogP contribution in [0.4, 0.5) is 0 Å². The number of rotatable bonds is 6. The van der Waals surface area contributed by atoms with Crippen LogP contribution in [0.25, 0.3) is 0 Å². The molecule has 1 aliphatic rings. The van der Waals surface area contributed by atoms with Crippen molar-refractivity contribution in [2.75, 3.05) is 19.9 Å². The van der Waals surface area contributed by atoms with Gasteiger partial charge in [-0.15, -0.1) is 0 Å². The maximum atomic E-state index is 11.9. The summed E-state index contributed by atoms with van der Waals surface area (Å²) in [5.41, 5.74) is 2.17. The second kappa shape index (κ2) is 7.05. The first-order valence-corrected chi connectivity index (χ1v) is 7.55. The highest BCUT2D eigenvalue weighted by atomic mass is 16.7. The lowest BCUT2D eigenvalue weighted by Gasteiger charge is -2.08. The first-order valence-electron chi connectivity index (χ1n) is 7.55. The van der Waals surface area contributed by atoms with E-state index >= 15 is 0 Å². The van der Waals surface area contributed by atoms with Crippen LogP contribution < -0.4 is 19.5 Å². The second-order valence-electron chi connectivity index (χ2n) is 5.38. The molecule has 5 heteroatoms. The monoisotopic (exact) mass is 313 g/mol. The highest BCUT2D eigenvalue weighted by Crippen LogP contribution is 2.34. The van der Waals surface area contributed by atoms with Gasteiger partial charge >= 0.3 is 0 Å². The maximum absolute atomic E-state index is 11.9. The van der Waals surface area contributed by atoms with Crippen molar-refractivity contribution < 1.29 is 19.0 Å². The van der Waals surface area contributed by atoms with Gasteiger partial charge in [0.05, 0.1) is 13.0 Å². The van der Waals surface area contributed by atoms with E-state index in [9.17, 15) is 4.79 Å². The van der Waals surface area contributed by atoms with Crippen LogP contribution in [0.1, 0.15) is 11.1 Å². The van der Waals surface area contributed by atoms with Crippen LogP contribution in [-0.4, -0.2) is 25.9 Å². The van der Waals surface area contributed by atoms with Gasteiger partial charge in [-0.2, -0.15) is 0 Å². The Morgan fingerprint density at radius 1 is 1.17 bits per heavy atom. The van der Waals surface area contributed by atoms with Gasteiger partial charge in [0.2, 0.25) is 12.7 Å². The van der Waals surface area contributed by atoms with Gasteiger partial charge < -0.3 is 19.5 Å². The summed E-state index contributed by atoms with van der Waals surface area (Å²) in [5.74, 6) is 2.10.